The van der Waals surface area contributed by atoms with Crippen LogP contribution in [0.3, 0.4) is 0 Å². The maximum absolute atomic E-state index is 11.1. The molecule has 8 nitrogen and oxygen atoms in total. The van der Waals surface area contributed by atoms with E-state index < -0.39 is 23.9 Å². The van der Waals surface area contributed by atoms with E-state index in [1.165, 1.54) is 32.0 Å². The van der Waals surface area contributed by atoms with Gasteiger partial charge in [0.15, 0.2) is 11.5 Å². The molecule has 23 heavy (non-hydrogen) atoms. The first-order chi connectivity index (χ1) is 10.3. The van der Waals surface area contributed by atoms with Gasteiger partial charge in [-0.15, -0.1) is 0 Å². The standard InChI is InChI=1S/C14H15NO7.K.H/c1-8(17)21-12-4-3-10(6-13(12)22-9(2)18)5-11(14(19)20)15-7-16;;/h3-4,6-7,11H,5H2,1-2H3,(H,15,16)(H,19,20);;/t11-;;/m0../s1. The number of aliphatic carboxylic acids is 1. The van der Waals surface area contributed by atoms with E-state index in [1.54, 1.807) is 0 Å². The molecule has 1 aromatic carbocycles. The summed E-state index contributed by atoms with van der Waals surface area (Å²) in [4.78, 5) is 43.5. The van der Waals surface area contributed by atoms with Gasteiger partial charge in [0.05, 0.1) is 0 Å². The van der Waals surface area contributed by atoms with Crippen molar-refractivity contribution in [2.75, 3.05) is 0 Å². The molecule has 0 heterocycles. The molecule has 1 atom stereocenters. The molecule has 0 fully saturated rings. The Morgan fingerprint density at radius 1 is 1.17 bits per heavy atom. The van der Waals surface area contributed by atoms with Gasteiger partial charge in [-0.3, -0.25) is 14.4 Å². The molecule has 1 amide bonds. The summed E-state index contributed by atoms with van der Waals surface area (Å²) in [5.74, 6) is -2.37. The van der Waals surface area contributed by atoms with E-state index in [0.29, 0.717) is 12.0 Å². The van der Waals surface area contributed by atoms with Crippen LogP contribution in [-0.4, -0.2) is 86.9 Å². The number of carboxylic acid groups (broad SMARTS) is 1. The average Bonchev–Trinajstić information content (AvgIpc) is 2.40. The second-order valence-electron chi connectivity index (χ2n) is 4.35. The number of amides is 1. The molecule has 0 saturated carbocycles. The molecule has 0 radical (unpaired) electrons. The molecule has 0 unspecified atom stereocenters. The summed E-state index contributed by atoms with van der Waals surface area (Å²) < 4.78 is 9.83. The van der Waals surface area contributed by atoms with Gasteiger partial charge in [0.25, 0.3) is 0 Å². The van der Waals surface area contributed by atoms with E-state index in [0.717, 1.165) is 0 Å². The van der Waals surface area contributed by atoms with Crippen molar-refractivity contribution >= 4 is 75.7 Å². The van der Waals surface area contributed by atoms with Gasteiger partial charge < -0.3 is 19.9 Å². The molecular weight excluding hydrogens is 333 g/mol. The van der Waals surface area contributed by atoms with Crippen LogP contribution in [-0.2, 0) is 25.6 Å². The van der Waals surface area contributed by atoms with E-state index in [-0.39, 0.29) is 69.3 Å². The van der Waals surface area contributed by atoms with E-state index in [4.69, 9.17) is 14.6 Å². The molecule has 0 bridgehead atoms. The van der Waals surface area contributed by atoms with E-state index in [1.807, 2.05) is 0 Å². The SMILES string of the molecule is CC(=O)Oc1ccc(C[C@H](NC=O)C(=O)O)cc1OC(C)=O.[KH]. The average molecular weight is 349 g/mol. The van der Waals surface area contributed by atoms with E-state index in [2.05, 4.69) is 5.32 Å². The van der Waals surface area contributed by atoms with Crippen LogP contribution in [0.4, 0.5) is 0 Å². The topological polar surface area (TPSA) is 119 Å². The molecule has 1 rings (SSSR count). The number of ether oxygens (including phenoxy) is 2. The molecule has 120 valence electrons. The second-order valence-corrected chi connectivity index (χ2v) is 4.35. The van der Waals surface area contributed by atoms with Gasteiger partial charge in [0.2, 0.25) is 6.41 Å². The van der Waals surface area contributed by atoms with Crippen LogP contribution in [0.15, 0.2) is 18.2 Å². The Morgan fingerprint density at radius 3 is 2.22 bits per heavy atom. The Kier molecular flexibility index (Phi) is 9.92. The quantitative estimate of drug-likeness (QED) is 0.298. The van der Waals surface area contributed by atoms with Crippen molar-refractivity contribution in [3.63, 3.8) is 0 Å². The Bertz CT molecular complexity index is 603. The summed E-state index contributed by atoms with van der Waals surface area (Å²) in [5.41, 5.74) is 0.480. The van der Waals surface area contributed by atoms with Crippen molar-refractivity contribution in [2.24, 2.45) is 0 Å². The van der Waals surface area contributed by atoms with Crippen molar-refractivity contribution in [3.05, 3.63) is 23.8 Å². The molecule has 2 N–H and O–H groups in total. The summed E-state index contributed by atoms with van der Waals surface area (Å²) in [6, 6.07) is 3.15. The Morgan fingerprint density at radius 2 is 1.74 bits per heavy atom. The van der Waals surface area contributed by atoms with Crippen molar-refractivity contribution < 1.29 is 33.8 Å². The van der Waals surface area contributed by atoms with Crippen molar-refractivity contribution in [2.45, 2.75) is 26.3 Å². The molecule has 0 aliphatic heterocycles. The predicted octanol–water partition coefficient (Wildman–Crippen LogP) is -0.370. The molecule has 0 aromatic heterocycles. The van der Waals surface area contributed by atoms with E-state index in [9.17, 15) is 19.2 Å². The van der Waals surface area contributed by atoms with Gasteiger partial charge in [0, 0.05) is 20.3 Å². The minimum atomic E-state index is -1.20. The molecule has 0 saturated heterocycles. The van der Waals surface area contributed by atoms with Crippen molar-refractivity contribution in [1.29, 1.82) is 0 Å². The summed E-state index contributed by atoms with van der Waals surface area (Å²) >= 11 is 0. The third kappa shape index (κ3) is 7.71. The van der Waals surface area contributed by atoms with Crippen LogP contribution >= 0.6 is 0 Å². The zero-order valence-electron chi connectivity index (χ0n) is 12.0. The number of carboxylic acids is 1. The van der Waals surface area contributed by atoms with Gasteiger partial charge in [-0.25, -0.2) is 4.79 Å². The van der Waals surface area contributed by atoms with Gasteiger partial charge in [-0.2, -0.15) is 0 Å². The van der Waals surface area contributed by atoms with Crippen LogP contribution in [0.25, 0.3) is 0 Å². The number of benzene rings is 1. The molecule has 0 aliphatic rings. The summed E-state index contributed by atoms with van der Waals surface area (Å²) in [5, 5.41) is 11.1. The summed E-state index contributed by atoms with van der Waals surface area (Å²) in [6.45, 7) is 2.37. The van der Waals surface area contributed by atoms with Gasteiger partial charge in [0.1, 0.15) is 6.04 Å². The number of hydrogen-bond acceptors (Lipinski definition) is 6. The van der Waals surface area contributed by atoms with E-state index >= 15 is 0 Å². The number of hydrogen-bond donors (Lipinski definition) is 2. The normalized spacial score (nSPS) is 10.7. The van der Waals surface area contributed by atoms with Gasteiger partial charge in [-0.05, 0) is 17.7 Å². The van der Waals surface area contributed by atoms with Gasteiger partial charge >= 0.3 is 69.3 Å². The summed E-state index contributed by atoms with van der Waals surface area (Å²) in [7, 11) is 0. The fourth-order valence-corrected chi connectivity index (χ4v) is 1.69. The number of rotatable bonds is 7. The Labute approximate surface area is 174 Å². The Balaban J connectivity index is 0.00000484. The molecule has 9 heteroatoms. The van der Waals surface area contributed by atoms with Crippen LogP contribution < -0.4 is 14.8 Å². The Hall–Kier alpha value is -1.26. The fourth-order valence-electron chi connectivity index (χ4n) is 1.69. The third-order valence-electron chi connectivity index (χ3n) is 2.52. The first-order valence-corrected chi connectivity index (χ1v) is 6.25. The summed E-state index contributed by atoms with van der Waals surface area (Å²) in [6.07, 6.45) is 0.266. The van der Waals surface area contributed by atoms with Crippen molar-refractivity contribution in [3.8, 4) is 11.5 Å². The fraction of sp³-hybridized carbons (Fsp3) is 0.286. The molecular formula is C14H16KNO7. The first-order valence-electron chi connectivity index (χ1n) is 6.25. The van der Waals surface area contributed by atoms with Gasteiger partial charge in [-0.1, -0.05) is 6.07 Å². The first kappa shape index (κ1) is 21.7. The number of carbonyl (C=O) groups excluding carboxylic acids is 3. The van der Waals surface area contributed by atoms with Crippen LogP contribution in [0.1, 0.15) is 19.4 Å². The molecule has 0 aliphatic carbocycles. The number of nitrogens with one attached hydrogen (secondary N) is 1. The van der Waals surface area contributed by atoms with Crippen LogP contribution in [0.5, 0.6) is 11.5 Å². The van der Waals surface area contributed by atoms with Crippen LogP contribution in [0, 0.1) is 0 Å². The monoisotopic (exact) mass is 349 g/mol. The van der Waals surface area contributed by atoms with Crippen molar-refractivity contribution in [1.82, 2.24) is 5.32 Å². The predicted molar refractivity (Wildman–Crippen MR) is 80.5 cm³/mol. The molecule has 1 aromatic rings. The number of esters is 2. The molecule has 0 spiro atoms. The second kappa shape index (κ2) is 10.5. The minimum absolute atomic E-state index is 0. The zero-order chi connectivity index (χ0) is 16.7. The van der Waals surface area contributed by atoms with Crippen LogP contribution in [0.2, 0.25) is 0 Å². The number of carbonyl (C=O) groups is 4. The zero-order valence-corrected chi connectivity index (χ0v) is 12.0. The maximum atomic E-state index is 11.1. The third-order valence-corrected chi connectivity index (χ3v) is 2.52.